The fourth-order valence-corrected chi connectivity index (χ4v) is 3.52. The van der Waals surface area contributed by atoms with Gasteiger partial charge in [-0.1, -0.05) is 60.7 Å². The lowest BCUT2D eigenvalue weighted by molar-refractivity contribution is 0.183. The molecule has 0 amide bonds. The Balaban J connectivity index is 1.59. The zero-order valence-electron chi connectivity index (χ0n) is 15.5. The molecule has 26 heavy (non-hydrogen) atoms. The van der Waals surface area contributed by atoms with Crippen molar-refractivity contribution in [3.8, 4) is 0 Å². The minimum absolute atomic E-state index is 0.420. The van der Waals surface area contributed by atoms with E-state index in [1.165, 1.54) is 5.56 Å². The van der Waals surface area contributed by atoms with E-state index in [9.17, 15) is 5.11 Å². The molecule has 1 heterocycles. The maximum Gasteiger partial charge on any atom is 0.194 e. The third-order valence-corrected chi connectivity index (χ3v) is 4.86. The highest BCUT2D eigenvalue weighted by atomic mass is 16.3. The summed E-state index contributed by atoms with van der Waals surface area (Å²) in [7, 11) is 0. The lowest BCUT2D eigenvalue weighted by Gasteiger charge is -2.22. The molecule has 1 aliphatic rings. The van der Waals surface area contributed by atoms with Gasteiger partial charge in [-0.15, -0.1) is 0 Å². The maximum atomic E-state index is 10.3. The Morgan fingerprint density at radius 2 is 1.85 bits per heavy atom. The average molecular weight is 351 g/mol. The minimum Gasteiger partial charge on any atom is -0.391 e. The number of benzene rings is 2. The van der Waals surface area contributed by atoms with Crippen LogP contribution in [0.2, 0.25) is 0 Å². The summed E-state index contributed by atoms with van der Waals surface area (Å²) in [6.07, 6.45) is 1.32. The minimum atomic E-state index is -0.460. The Morgan fingerprint density at radius 3 is 2.54 bits per heavy atom. The highest BCUT2D eigenvalue weighted by Gasteiger charge is 2.26. The van der Waals surface area contributed by atoms with Gasteiger partial charge in [-0.05, 0) is 24.5 Å². The van der Waals surface area contributed by atoms with Gasteiger partial charge in [0.1, 0.15) is 0 Å². The van der Waals surface area contributed by atoms with Crippen LogP contribution in [0, 0.1) is 0 Å². The molecule has 138 valence electrons. The highest BCUT2D eigenvalue weighted by molar-refractivity contribution is 5.80. The molecule has 0 spiro atoms. The summed E-state index contributed by atoms with van der Waals surface area (Å²) in [4.78, 5) is 7.02. The third kappa shape index (κ3) is 5.09. The van der Waals surface area contributed by atoms with Gasteiger partial charge in [-0.2, -0.15) is 0 Å². The first-order chi connectivity index (χ1) is 12.8. The lowest BCUT2D eigenvalue weighted by atomic mass is 9.99. The summed E-state index contributed by atoms with van der Waals surface area (Å²) in [5, 5.41) is 13.7. The Bertz CT molecular complexity index is 687. The van der Waals surface area contributed by atoms with Crippen LogP contribution < -0.4 is 5.32 Å². The molecule has 1 fully saturated rings. The fourth-order valence-electron chi connectivity index (χ4n) is 3.52. The number of hydrogen-bond donors (Lipinski definition) is 2. The van der Waals surface area contributed by atoms with Gasteiger partial charge in [0, 0.05) is 32.0 Å². The van der Waals surface area contributed by atoms with Crippen LogP contribution in [-0.4, -0.2) is 48.2 Å². The van der Waals surface area contributed by atoms with Crippen molar-refractivity contribution in [2.45, 2.75) is 31.8 Å². The number of aliphatic hydroxyl groups is 1. The third-order valence-electron chi connectivity index (χ3n) is 4.86. The normalized spacial score (nSPS) is 18.8. The monoisotopic (exact) mass is 351 g/mol. The van der Waals surface area contributed by atoms with E-state index >= 15 is 0 Å². The molecule has 2 aromatic carbocycles. The van der Waals surface area contributed by atoms with Gasteiger partial charge in [-0.3, -0.25) is 4.99 Å². The number of hydrogen-bond acceptors (Lipinski definition) is 2. The first-order valence-corrected chi connectivity index (χ1v) is 9.56. The molecule has 4 nitrogen and oxygen atoms in total. The highest BCUT2D eigenvalue weighted by Crippen LogP contribution is 2.26. The van der Waals surface area contributed by atoms with E-state index in [1.807, 2.05) is 30.3 Å². The van der Waals surface area contributed by atoms with E-state index in [0.29, 0.717) is 18.9 Å². The second kappa shape index (κ2) is 9.39. The van der Waals surface area contributed by atoms with Crippen LogP contribution in [0.25, 0.3) is 0 Å². The maximum absolute atomic E-state index is 10.3. The van der Waals surface area contributed by atoms with Crippen molar-refractivity contribution in [2.75, 3.05) is 26.2 Å². The number of aliphatic imine (C=N–C) groups is 1. The summed E-state index contributed by atoms with van der Waals surface area (Å²) in [5.41, 5.74) is 2.54. The van der Waals surface area contributed by atoms with Gasteiger partial charge in [0.15, 0.2) is 5.96 Å². The molecule has 1 aliphatic heterocycles. The Kier molecular flexibility index (Phi) is 6.67. The van der Waals surface area contributed by atoms with Crippen LogP contribution in [0.3, 0.4) is 0 Å². The Morgan fingerprint density at radius 1 is 1.15 bits per heavy atom. The van der Waals surface area contributed by atoms with Gasteiger partial charge in [0.25, 0.3) is 0 Å². The average Bonchev–Trinajstić information content (AvgIpc) is 3.17. The first-order valence-electron chi connectivity index (χ1n) is 9.56. The number of rotatable bonds is 6. The molecule has 0 bridgehead atoms. The zero-order valence-corrected chi connectivity index (χ0v) is 15.5. The molecule has 2 aromatic rings. The molecular formula is C22H29N3O. The first kappa shape index (κ1) is 18.5. The van der Waals surface area contributed by atoms with Gasteiger partial charge < -0.3 is 15.3 Å². The van der Waals surface area contributed by atoms with E-state index in [2.05, 4.69) is 47.5 Å². The van der Waals surface area contributed by atoms with Crippen LogP contribution in [0.15, 0.2) is 65.7 Å². The second-order valence-corrected chi connectivity index (χ2v) is 6.88. The van der Waals surface area contributed by atoms with Crippen molar-refractivity contribution in [2.24, 2.45) is 4.99 Å². The molecule has 0 radical (unpaired) electrons. The zero-order chi connectivity index (χ0) is 18.2. The molecule has 0 saturated carbocycles. The van der Waals surface area contributed by atoms with Crippen molar-refractivity contribution in [1.29, 1.82) is 0 Å². The summed E-state index contributed by atoms with van der Waals surface area (Å²) in [5.74, 6) is 1.47. The largest absolute Gasteiger partial charge is 0.391 e. The number of likely N-dealkylation sites (tertiary alicyclic amines) is 1. The predicted octanol–water partition coefficient (Wildman–Crippen LogP) is 3.05. The van der Waals surface area contributed by atoms with Crippen molar-refractivity contribution in [3.05, 3.63) is 71.8 Å². The standard InChI is InChI=1S/C22H29N3O/c1-2-23-22(24-16-21(26)15-18-9-5-3-6-10-18)25-14-13-20(17-25)19-11-7-4-8-12-19/h3-12,20-21,26H,2,13-17H2,1H3,(H,23,24). The molecule has 0 aliphatic carbocycles. The fraction of sp³-hybridized carbons (Fsp3) is 0.409. The molecular weight excluding hydrogens is 322 g/mol. The Labute approximate surface area is 156 Å². The summed E-state index contributed by atoms with van der Waals surface area (Å²) < 4.78 is 0. The summed E-state index contributed by atoms with van der Waals surface area (Å²) in [6, 6.07) is 20.8. The van der Waals surface area contributed by atoms with Gasteiger partial charge >= 0.3 is 0 Å². The SMILES string of the molecule is CCNC(=NCC(O)Cc1ccccc1)N1CCC(c2ccccc2)C1. The number of guanidine groups is 1. The molecule has 1 saturated heterocycles. The molecule has 0 aromatic heterocycles. The van der Waals surface area contributed by atoms with Crippen molar-refractivity contribution in [3.63, 3.8) is 0 Å². The Hall–Kier alpha value is -2.33. The van der Waals surface area contributed by atoms with Crippen molar-refractivity contribution >= 4 is 5.96 Å². The van der Waals surface area contributed by atoms with Gasteiger partial charge in [0.2, 0.25) is 0 Å². The van der Waals surface area contributed by atoms with Gasteiger partial charge in [0.05, 0.1) is 12.6 Å². The topological polar surface area (TPSA) is 47.9 Å². The van der Waals surface area contributed by atoms with Crippen molar-refractivity contribution < 1.29 is 5.11 Å². The molecule has 2 N–H and O–H groups in total. The summed E-state index contributed by atoms with van der Waals surface area (Å²) >= 11 is 0. The molecule has 2 atom stereocenters. The van der Waals surface area contributed by atoms with E-state index in [1.54, 1.807) is 0 Å². The van der Waals surface area contributed by atoms with Gasteiger partial charge in [-0.25, -0.2) is 0 Å². The lowest BCUT2D eigenvalue weighted by Crippen LogP contribution is -2.40. The van der Waals surface area contributed by atoms with E-state index in [-0.39, 0.29) is 0 Å². The summed E-state index contributed by atoms with van der Waals surface area (Å²) in [6.45, 7) is 5.31. The molecule has 2 unspecified atom stereocenters. The second-order valence-electron chi connectivity index (χ2n) is 6.88. The molecule has 3 rings (SSSR count). The van der Waals surface area contributed by atoms with E-state index < -0.39 is 6.10 Å². The van der Waals surface area contributed by atoms with Crippen LogP contribution >= 0.6 is 0 Å². The number of nitrogens with one attached hydrogen (secondary N) is 1. The van der Waals surface area contributed by atoms with E-state index in [0.717, 1.165) is 37.6 Å². The van der Waals surface area contributed by atoms with Crippen LogP contribution in [-0.2, 0) is 6.42 Å². The number of aliphatic hydroxyl groups excluding tert-OH is 1. The van der Waals surface area contributed by atoms with Crippen LogP contribution in [0.4, 0.5) is 0 Å². The van der Waals surface area contributed by atoms with Crippen LogP contribution in [0.5, 0.6) is 0 Å². The van der Waals surface area contributed by atoms with E-state index in [4.69, 9.17) is 4.99 Å². The molecule has 4 heteroatoms. The number of nitrogens with zero attached hydrogens (tertiary/aromatic N) is 2. The van der Waals surface area contributed by atoms with Crippen molar-refractivity contribution in [1.82, 2.24) is 10.2 Å². The quantitative estimate of drug-likeness (QED) is 0.621. The smallest absolute Gasteiger partial charge is 0.194 e. The predicted molar refractivity (Wildman–Crippen MR) is 108 cm³/mol. The van der Waals surface area contributed by atoms with Crippen LogP contribution in [0.1, 0.15) is 30.4 Å².